The molecular formula is C20H19ClN4O3S. The zero-order valence-corrected chi connectivity index (χ0v) is 17.3. The third kappa shape index (κ3) is 4.13. The van der Waals surface area contributed by atoms with Crippen LogP contribution in [0.4, 0.5) is 10.5 Å². The summed E-state index contributed by atoms with van der Waals surface area (Å²) in [4.78, 5) is 27.7. The number of nitrogens with one attached hydrogen (secondary N) is 1. The third-order valence-electron chi connectivity index (χ3n) is 4.70. The quantitative estimate of drug-likeness (QED) is 0.621. The number of esters is 1. The highest BCUT2D eigenvalue weighted by Gasteiger charge is 2.23. The lowest BCUT2D eigenvalue weighted by molar-refractivity contribution is 0.0602. The van der Waals surface area contributed by atoms with Gasteiger partial charge in [0.15, 0.2) is 0 Å². The summed E-state index contributed by atoms with van der Waals surface area (Å²) in [5, 5.41) is 9.92. The molecule has 150 valence electrons. The summed E-state index contributed by atoms with van der Waals surface area (Å²) in [7, 11) is 1.30. The largest absolute Gasteiger partial charge is 0.465 e. The molecule has 0 spiro atoms. The Hall–Kier alpha value is -2.84. The van der Waals surface area contributed by atoms with Crippen LogP contribution in [-0.4, -0.2) is 40.3 Å². The smallest absolute Gasteiger partial charge is 0.339 e. The Labute approximate surface area is 176 Å². The van der Waals surface area contributed by atoms with Crippen LogP contribution in [-0.2, 0) is 17.8 Å². The van der Waals surface area contributed by atoms with E-state index < -0.39 is 5.97 Å². The van der Waals surface area contributed by atoms with Gasteiger partial charge in [-0.1, -0.05) is 17.7 Å². The Bertz CT molecular complexity index is 1050. The minimum absolute atomic E-state index is 0.255. The van der Waals surface area contributed by atoms with E-state index in [4.69, 9.17) is 16.3 Å². The zero-order valence-electron chi connectivity index (χ0n) is 15.7. The second kappa shape index (κ2) is 8.26. The SMILES string of the molecule is COC(=O)c1ccc(Cl)cc1NC(=O)N1CCCn2nc(-c3cccs3)cc2C1. The first-order valence-corrected chi connectivity index (χ1v) is 10.4. The second-order valence-electron chi connectivity index (χ2n) is 6.61. The Morgan fingerprint density at radius 3 is 2.86 bits per heavy atom. The number of nitrogens with zero attached hydrogens (tertiary/aromatic N) is 3. The number of carbonyl (C=O) groups excluding carboxylic acids is 2. The highest BCUT2D eigenvalue weighted by Crippen LogP contribution is 2.27. The van der Waals surface area contributed by atoms with E-state index in [0.717, 1.165) is 29.2 Å². The summed E-state index contributed by atoms with van der Waals surface area (Å²) in [6.45, 7) is 1.76. The number of amides is 2. The van der Waals surface area contributed by atoms with Crippen molar-refractivity contribution in [3.63, 3.8) is 0 Å². The van der Waals surface area contributed by atoms with Crippen LogP contribution in [0.1, 0.15) is 22.5 Å². The zero-order chi connectivity index (χ0) is 20.4. The summed E-state index contributed by atoms with van der Waals surface area (Å²) in [6, 6.07) is 10.4. The standard InChI is InChI=1S/C20H19ClN4O3S/c1-28-19(26)15-6-5-13(21)10-16(15)22-20(27)24-7-3-8-25-14(12-24)11-17(23-25)18-4-2-9-29-18/h2,4-6,9-11H,3,7-8,12H2,1H3,(H,22,27). The van der Waals surface area contributed by atoms with Crippen LogP contribution in [0.25, 0.3) is 10.6 Å². The number of hydrogen-bond acceptors (Lipinski definition) is 5. The average molecular weight is 431 g/mol. The maximum absolute atomic E-state index is 12.9. The number of carbonyl (C=O) groups is 2. The van der Waals surface area contributed by atoms with Crippen molar-refractivity contribution in [1.29, 1.82) is 0 Å². The number of urea groups is 1. The van der Waals surface area contributed by atoms with Crippen molar-refractivity contribution in [3.05, 3.63) is 58.1 Å². The molecule has 0 radical (unpaired) electrons. The summed E-state index contributed by atoms with van der Waals surface area (Å²) in [6.07, 6.45) is 0.783. The lowest BCUT2D eigenvalue weighted by Crippen LogP contribution is -2.35. The molecule has 1 aromatic carbocycles. The van der Waals surface area contributed by atoms with E-state index in [1.165, 1.54) is 13.2 Å². The fraction of sp³-hybridized carbons (Fsp3) is 0.250. The van der Waals surface area contributed by atoms with Crippen LogP contribution < -0.4 is 5.32 Å². The van der Waals surface area contributed by atoms with Gasteiger partial charge in [0.05, 0.1) is 35.5 Å². The van der Waals surface area contributed by atoms with Gasteiger partial charge in [0.1, 0.15) is 5.69 Å². The van der Waals surface area contributed by atoms with E-state index in [1.807, 2.05) is 28.3 Å². The van der Waals surface area contributed by atoms with E-state index >= 15 is 0 Å². The van der Waals surface area contributed by atoms with Crippen molar-refractivity contribution < 1.29 is 14.3 Å². The van der Waals surface area contributed by atoms with Gasteiger partial charge in [-0.25, -0.2) is 9.59 Å². The lowest BCUT2D eigenvalue weighted by Gasteiger charge is -2.21. The average Bonchev–Trinajstić information content (AvgIpc) is 3.33. The fourth-order valence-electron chi connectivity index (χ4n) is 3.28. The number of ether oxygens (including phenoxy) is 1. The van der Waals surface area contributed by atoms with Crippen LogP contribution in [0.2, 0.25) is 5.02 Å². The summed E-state index contributed by atoms with van der Waals surface area (Å²) >= 11 is 7.69. The van der Waals surface area contributed by atoms with Gasteiger partial charge in [0.2, 0.25) is 0 Å². The van der Waals surface area contributed by atoms with Crippen molar-refractivity contribution in [2.24, 2.45) is 0 Å². The monoisotopic (exact) mass is 430 g/mol. The van der Waals surface area contributed by atoms with Crippen molar-refractivity contribution in [1.82, 2.24) is 14.7 Å². The molecule has 0 atom stereocenters. The molecule has 3 heterocycles. The van der Waals surface area contributed by atoms with Gasteiger partial charge in [-0.3, -0.25) is 4.68 Å². The summed E-state index contributed by atoms with van der Waals surface area (Å²) < 4.78 is 6.75. The molecular weight excluding hydrogens is 412 g/mol. The van der Waals surface area contributed by atoms with Crippen LogP contribution in [0.3, 0.4) is 0 Å². The van der Waals surface area contributed by atoms with Gasteiger partial charge in [-0.2, -0.15) is 5.10 Å². The van der Waals surface area contributed by atoms with E-state index in [9.17, 15) is 9.59 Å². The minimum atomic E-state index is -0.536. The Morgan fingerprint density at radius 2 is 2.10 bits per heavy atom. The molecule has 0 aliphatic carbocycles. The number of hydrogen-bond donors (Lipinski definition) is 1. The molecule has 4 rings (SSSR count). The van der Waals surface area contributed by atoms with E-state index in [0.29, 0.717) is 23.8 Å². The first-order chi connectivity index (χ1) is 14.0. The van der Waals surface area contributed by atoms with Gasteiger partial charge in [-0.05, 0) is 42.1 Å². The van der Waals surface area contributed by atoms with Gasteiger partial charge in [0, 0.05) is 18.1 Å². The number of benzene rings is 1. The molecule has 0 bridgehead atoms. The predicted molar refractivity (Wildman–Crippen MR) is 112 cm³/mol. The number of halogens is 1. The van der Waals surface area contributed by atoms with Gasteiger partial charge in [0.25, 0.3) is 0 Å². The molecule has 0 saturated carbocycles. The molecule has 2 aromatic heterocycles. The highest BCUT2D eigenvalue weighted by atomic mass is 35.5. The molecule has 0 saturated heterocycles. The van der Waals surface area contributed by atoms with Crippen molar-refractivity contribution in [3.8, 4) is 10.6 Å². The molecule has 7 nitrogen and oxygen atoms in total. The fourth-order valence-corrected chi connectivity index (χ4v) is 4.14. The lowest BCUT2D eigenvalue weighted by atomic mass is 10.2. The molecule has 0 unspecified atom stereocenters. The summed E-state index contributed by atoms with van der Waals surface area (Å²) in [5.41, 5.74) is 2.47. The number of rotatable bonds is 3. The van der Waals surface area contributed by atoms with Crippen molar-refractivity contribution >= 4 is 40.6 Å². The van der Waals surface area contributed by atoms with Gasteiger partial charge < -0.3 is 15.0 Å². The highest BCUT2D eigenvalue weighted by molar-refractivity contribution is 7.13. The number of methoxy groups -OCH3 is 1. The van der Waals surface area contributed by atoms with Gasteiger partial charge in [-0.15, -0.1) is 11.3 Å². The maximum Gasteiger partial charge on any atom is 0.339 e. The van der Waals surface area contributed by atoms with Gasteiger partial charge >= 0.3 is 12.0 Å². The molecule has 9 heteroatoms. The van der Waals surface area contributed by atoms with E-state index in [-0.39, 0.29) is 11.6 Å². The third-order valence-corrected chi connectivity index (χ3v) is 5.83. The Balaban J connectivity index is 1.54. The van der Waals surface area contributed by atoms with E-state index in [1.54, 1.807) is 28.4 Å². The Kier molecular flexibility index (Phi) is 5.55. The number of thiophene rings is 1. The van der Waals surface area contributed by atoms with Crippen LogP contribution in [0, 0.1) is 0 Å². The normalized spacial score (nSPS) is 13.5. The van der Waals surface area contributed by atoms with Crippen molar-refractivity contribution in [2.45, 2.75) is 19.5 Å². The molecule has 0 fully saturated rings. The maximum atomic E-state index is 12.9. The number of aromatic nitrogens is 2. The predicted octanol–water partition coefficient (Wildman–Crippen LogP) is 4.49. The molecule has 29 heavy (non-hydrogen) atoms. The Morgan fingerprint density at radius 1 is 1.24 bits per heavy atom. The topological polar surface area (TPSA) is 76.5 Å². The molecule has 2 amide bonds. The first kappa shape index (κ1) is 19.5. The number of aryl methyl sites for hydroxylation is 1. The van der Waals surface area contributed by atoms with Crippen molar-refractivity contribution in [2.75, 3.05) is 19.0 Å². The van der Waals surface area contributed by atoms with Crippen LogP contribution in [0.15, 0.2) is 41.8 Å². The molecule has 1 aliphatic rings. The van der Waals surface area contributed by atoms with E-state index in [2.05, 4.69) is 10.4 Å². The number of fused-ring (bicyclic) bond motifs is 1. The molecule has 1 aliphatic heterocycles. The minimum Gasteiger partial charge on any atom is -0.465 e. The molecule has 1 N–H and O–H groups in total. The second-order valence-corrected chi connectivity index (χ2v) is 7.99. The van der Waals surface area contributed by atoms with Crippen LogP contribution in [0.5, 0.6) is 0 Å². The molecule has 3 aromatic rings. The first-order valence-electron chi connectivity index (χ1n) is 9.09. The van der Waals surface area contributed by atoms with Crippen LogP contribution >= 0.6 is 22.9 Å². The number of anilines is 1. The summed E-state index contributed by atoms with van der Waals surface area (Å²) in [5.74, 6) is -0.536.